The normalized spacial score (nSPS) is 12.4. The van der Waals surface area contributed by atoms with Crippen molar-refractivity contribution in [3.8, 4) is 0 Å². The van der Waals surface area contributed by atoms with E-state index in [-0.39, 0.29) is 0 Å². The second kappa shape index (κ2) is 7.21. The molecule has 0 amide bonds. The summed E-state index contributed by atoms with van der Waals surface area (Å²) in [6, 6.07) is 37.4. The highest BCUT2D eigenvalue weighted by Gasteiger charge is 2.23. The second-order valence-corrected chi connectivity index (χ2v) is 8.83. The van der Waals surface area contributed by atoms with E-state index in [1.807, 2.05) is 0 Å². The van der Waals surface area contributed by atoms with Crippen LogP contribution in [0.1, 0.15) is 18.1 Å². The molecule has 0 aromatic heterocycles. The summed E-state index contributed by atoms with van der Waals surface area (Å²) >= 11 is 0. The second-order valence-electron chi connectivity index (χ2n) is 6.29. The number of benzene rings is 4. The lowest BCUT2D eigenvalue weighted by molar-refractivity contribution is 1.10. The molecular formula is C24H21P. The van der Waals surface area contributed by atoms with E-state index in [0.717, 1.165) is 0 Å². The van der Waals surface area contributed by atoms with E-state index >= 15 is 0 Å². The van der Waals surface area contributed by atoms with Gasteiger partial charge in [0.15, 0.2) is 0 Å². The van der Waals surface area contributed by atoms with Crippen molar-refractivity contribution in [2.45, 2.75) is 12.6 Å². The standard InChI is InChI=1S/C24H21P/c1-19(23-18-10-12-20-11-8-9-17-24(20)23)25(21-13-4-2-5-14-21)22-15-6-3-7-16-22/h2-19H,1H3. The lowest BCUT2D eigenvalue weighted by Crippen LogP contribution is -2.15. The number of fused-ring (bicyclic) bond motifs is 1. The van der Waals surface area contributed by atoms with Crippen LogP contribution in [0.15, 0.2) is 103 Å². The smallest absolute Gasteiger partial charge is 0.00998 e. The monoisotopic (exact) mass is 340 g/mol. The molecule has 1 heteroatoms. The van der Waals surface area contributed by atoms with Gasteiger partial charge in [-0.2, -0.15) is 0 Å². The SMILES string of the molecule is CC(c1cccc2ccccc12)P(c1ccccc1)c1ccccc1. The molecule has 1 unspecified atom stereocenters. The molecule has 0 aliphatic heterocycles. The summed E-state index contributed by atoms with van der Waals surface area (Å²) in [7, 11) is -0.462. The largest absolute Gasteiger partial charge is 0.0622 e. The topological polar surface area (TPSA) is 0 Å². The van der Waals surface area contributed by atoms with Crippen LogP contribution in [-0.4, -0.2) is 0 Å². The van der Waals surface area contributed by atoms with Gasteiger partial charge < -0.3 is 0 Å². The molecule has 25 heavy (non-hydrogen) atoms. The third-order valence-electron chi connectivity index (χ3n) is 4.73. The molecule has 0 aliphatic carbocycles. The Balaban J connectivity index is 1.87. The molecule has 122 valence electrons. The van der Waals surface area contributed by atoms with Crippen LogP contribution in [0.4, 0.5) is 0 Å². The molecule has 0 spiro atoms. The van der Waals surface area contributed by atoms with Gasteiger partial charge in [-0.25, -0.2) is 0 Å². The van der Waals surface area contributed by atoms with Crippen LogP contribution in [-0.2, 0) is 0 Å². The van der Waals surface area contributed by atoms with Crippen LogP contribution >= 0.6 is 7.92 Å². The van der Waals surface area contributed by atoms with Crippen molar-refractivity contribution >= 4 is 29.3 Å². The predicted molar refractivity (Wildman–Crippen MR) is 111 cm³/mol. The number of hydrogen-bond acceptors (Lipinski definition) is 0. The first-order valence-electron chi connectivity index (χ1n) is 8.71. The summed E-state index contributed by atoms with van der Waals surface area (Å²) in [5.74, 6) is 0. The summed E-state index contributed by atoms with van der Waals surface area (Å²) in [5.41, 5.74) is 1.89. The summed E-state index contributed by atoms with van der Waals surface area (Å²) in [4.78, 5) is 0. The fraction of sp³-hybridized carbons (Fsp3) is 0.0833. The maximum Gasteiger partial charge on any atom is 0.00998 e. The molecule has 0 fully saturated rings. The van der Waals surface area contributed by atoms with Crippen LogP contribution in [0.25, 0.3) is 10.8 Å². The van der Waals surface area contributed by atoms with Gasteiger partial charge in [0.2, 0.25) is 0 Å². The third kappa shape index (κ3) is 3.23. The molecule has 0 saturated carbocycles. The van der Waals surface area contributed by atoms with Gasteiger partial charge in [-0.15, -0.1) is 0 Å². The first kappa shape index (κ1) is 16.1. The molecule has 0 heterocycles. The van der Waals surface area contributed by atoms with Gasteiger partial charge in [-0.3, -0.25) is 0 Å². The van der Waals surface area contributed by atoms with Crippen molar-refractivity contribution in [1.29, 1.82) is 0 Å². The van der Waals surface area contributed by atoms with E-state index in [9.17, 15) is 0 Å². The molecule has 0 bridgehead atoms. The summed E-state index contributed by atoms with van der Waals surface area (Å²) in [5, 5.41) is 5.56. The first-order chi connectivity index (χ1) is 12.3. The first-order valence-corrected chi connectivity index (χ1v) is 10.1. The zero-order valence-corrected chi connectivity index (χ0v) is 15.2. The van der Waals surface area contributed by atoms with Gasteiger partial charge >= 0.3 is 0 Å². The highest BCUT2D eigenvalue weighted by Crippen LogP contribution is 2.50. The lowest BCUT2D eigenvalue weighted by Gasteiger charge is -2.27. The van der Waals surface area contributed by atoms with E-state index in [4.69, 9.17) is 0 Å². The van der Waals surface area contributed by atoms with E-state index in [1.54, 1.807) is 0 Å². The minimum absolute atomic E-state index is 0.450. The van der Waals surface area contributed by atoms with Crippen molar-refractivity contribution in [1.82, 2.24) is 0 Å². The van der Waals surface area contributed by atoms with E-state index in [2.05, 4.69) is 110 Å². The number of rotatable bonds is 4. The van der Waals surface area contributed by atoms with E-state index in [1.165, 1.54) is 26.9 Å². The fourth-order valence-electron chi connectivity index (χ4n) is 3.53. The highest BCUT2D eigenvalue weighted by atomic mass is 31.1. The molecule has 4 aromatic rings. The van der Waals surface area contributed by atoms with Crippen LogP contribution in [0.5, 0.6) is 0 Å². The van der Waals surface area contributed by atoms with Gasteiger partial charge in [0, 0.05) is 5.66 Å². The quantitative estimate of drug-likeness (QED) is 0.398. The Morgan fingerprint density at radius 2 is 1.08 bits per heavy atom. The molecule has 0 radical (unpaired) electrons. The average molecular weight is 340 g/mol. The van der Waals surface area contributed by atoms with E-state index in [0.29, 0.717) is 5.66 Å². The van der Waals surface area contributed by atoms with E-state index < -0.39 is 7.92 Å². The Bertz CT molecular complexity index is 916. The number of hydrogen-bond donors (Lipinski definition) is 0. The van der Waals surface area contributed by atoms with Gasteiger partial charge in [-0.05, 0) is 34.9 Å². The Morgan fingerprint density at radius 3 is 1.72 bits per heavy atom. The molecule has 0 N–H and O–H groups in total. The molecule has 0 nitrogen and oxygen atoms in total. The lowest BCUT2D eigenvalue weighted by atomic mass is 10.0. The van der Waals surface area contributed by atoms with Crippen molar-refractivity contribution in [3.05, 3.63) is 109 Å². The maximum atomic E-state index is 2.38. The minimum atomic E-state index is -0.462. The molecule has 4 rings (SSSR count). The Hall–Kier alpha value is -2.43. The van der Waals surface area contributed by atoms with Crippen LogP contribution in [0.3, 0.4) is 0 Å². The van der Waals surface area contributed by atoms with Crippen molar-refractivity contribution in [2.24, 2.45) is 0 Å². The summed E-state index contributed by atoms with van der Waals surface area (Å²) < 4.78 is 0. The van der Waals surface area contributed by atoms with Crippen molar-refractivity contribution < 1.29 is 0 Å². The molecule has 1 atom stereocenters. The summed E-state index contributed by atoms with van der Waals surface area (Å²) in [6.07, 6.45) is 0. The molecular weight excluding hydrogens is 319 g/mol. The van der Waals surface area contributed by atoms with Crippen LogP contribution in [0.2, 0.25) is 0 Å². The van der Waals surface area contributed by atoms with Crippen LogP contribution < -0.4 is 10.6 Å². The zero-order chi connectivity index (χ0) is 17.1. The maximum absolute atomic E-state index is 2.38. The summed E-state index contributed by atoms with van der Waals surface area (Å²) in [6.45, 7) is 2.38. The molecule has 4 aromatic carbocycles. The van der Waals surface area contributed by atoms with Crippen molar-refractivity contribution in [3.63, 3.8) is 0 Å². The zero-order valence-electron chi connectivity index (χ0n) is 14.3. The van der Waals surface area contributed by atoms with Crippen molar-refractivity contribution in [2.75, 3.05) is 0 Å². The Morgan fingerprint density at radius 1 is 0.560 bits per heavy atom. The average Bonchev–Trinajstić information content (AvgIpc) is 2.69. The van der Waals surface area contributed by atoms with Gasteiger partial charge in [0.25, 0.3) is 0 Å². The van der Waals surface area contributed by atoms with Crippen LogP contribution in [0, 0.1) is 0 Å². The van der Waals surface area contributed by atoms with Gasteiger partial charge in [0.05, 0.1) is 0 Å². The predicted octanol–water partition coefficient (Wildman–Crippen LogP) is 6.03. The molecule has 0 aliphatic rings. The Labute approximate surface area is 150 Å². The van der Waals surface area contributed by atoms with Gasteiger partial charge in [0.1, 0.15) is 0 Å². The molecule has 0 saturated heterocycles. The van der Waals surface area contributed by atoms with Gasteiger partial charge in [-0.1, -0.05) is 110 Å². The minimum Gasteiger partial charge on any atom is -0.0622 e. The third-order valence-corrected chi connectivity index (χ3v) is 7.49. The fourth-order valence-corrected chi connectivity index (χ4v) is 6.21. The highest BCUT2D eigenvalue weighted by molar-refractivity contribution is 7.73. The Kier molecular flexibility index (Phi) is 4.63.